The predicted molar refractivity (Wildman–Crippen MR) is 56.7 cm³/mol. The fourth-order valence-electron chi connectivity index (χ4n) is 1.20. The molecule has 15 heavy (non-hydrogen) atoms. The Morgan fingerprint density at radius 3 is 3.00 bits per heavy atom. The fourth-order valence-corrected chi connectivity index (χ4v) is 1.20. The summed E-state index contributed by atoms with van der Waals surface area (Å²) in [5.41, 5.74) is 0. The molecule has 86 valence electrons. The molecule has 0 saturated carbocycles. The third-order valence-corrected chi connectivity index (χ3v) is 1.99. The maximum atomic E-state index is 5.23. The Morgan fingerprint density at radius 2 is 2.27 bits per heavy atom. The zero-order valence-corrected chi connectivity index (χ0v) is 9.45. The molecule has 0 fully saturated rings. The van der Waals surface area contributed by atoms with Crippen molar-refractivity contribution in [3.63, 3.8) is 0 Å². The Morgan fingerprint density at radius 1 is 1.40 bits per heavy atom. The molecule has 0 radical (unpaired) electrons. The molecular weight excluding hydrogens is 194 g/mol. The van der Waals surface area contributed by atoms with E-state index < -0.39 is 0 Å². The fraction of sp³-hybridized carbons (Fsp3) is 0.800. The van der Waals surface area contributed by atoms with Crippen molar-refractivity contribution in [3.05, 3.63) is 11.7 Å². The highest BCUT2D eigenvalue weighted by molar-refractivity contribution is 4.87. The first-order chi connectivity index (χ1) is 7.36. The van der Waals surface area contributed by atoms with Crippen LogP contribution in [0.1, 0.15) is 25.1 Å². The molecule has 0 saturated heterocycles. The number of ether oxygens (including phenoxy) is 1. The van der Waals surface area contributed by atoms with E-state index in [-0.39, 0.29) is 0 Å². The molecule has 0 atom stereocenters. The minimum absolute atomic E-state index is 0.709. The van der Waals surface area contributed by atoms with E-state index in [9.17, 15) is 0 Å². The molecular formula is C10H19N3O2. The summed E-state index contributed by atoms with van der Waals surface area (Å²) in [4.78, 5) is 4.27. The van der Waals surface area contributed by atoms with Crippen LogP contribution in [-0.2, 0) is 17.6 Å². The summed E-state index contributed by atoms with van der Waals surface area (Å²) in [6.07, 6.45) is 2.54. The Bertz CT molecular complexity index is 263. The van der Waals surface area contributed by atoms with Gasteiger partial charge in [0.25, 0.3) is 0 Å². The van der Waals surface area contributed by atoms with Crippen molar-refractivity contribution >= 4 is 0 Å². The second-order valence-electron chi connectivity index (χ2n) is 3.26. The van der Waals surface area contributed by atoms with Crippen molar-refractivity contribution in [2.75, 3.05) is 26.8 Å². The van der Waals surface area contributed by atoms with Gasteiger partial charge in [0.05, 0.1) is 0 Å². The van der Waals surface area contributed by atoms with Gasteiger partial charge in [0, 0.05) is 32.6 Å². The average molecular weight is 213 g/mol. The van der Waals surface area contributed by atoms with Gasteiger partial charge in [-0.1, -0.05) is 5.16 Å². The van der Waals surface area contributed by atoms with E-state index in [0.29, 0.717) is 5.89 Å². The summed E-state index contributed by atoms with van der Waals surface area (Å²) in [6.45, 7) is 4.38. The molecule has 1 N–H and O–H groups in total. The molecule has 0 amide bonds. The van der Waals surface area contributed by atoms with Crippen LogP contribution in [0.3, 0.4) is 0 Å². The molecule has 0 spiro atoms. The number of aryl methyl sites for hydroxylation is 1. The SMILES string of the molecule is CCOCCCc1nc(CCNC)no1. The lowest BCUT2D eigenvalue weighted by Crippen LogP contribution is -2.11. The van der Waals surface area contributed by atoms with Gasteiger partial charge in [-0.3, -0.25) is 0 Å². The van der Waals surface area contributed by atoms with Crippen LogP contribution in [0.4, 0.5) is 0 Å². The first kappa shape index (κ1) is 12.1. The highest BCUT2D eigenvalue weighted by Crippen LogP contribution is 2.01. The number of likely N-dealkylation sites (N-methyl/N-ethyl adjacent to an activating group) is 1. The van der Waals surface area contributed by atoms with Crippen LogP contribution < -0.4 is 5.32 Å². The summed E-state index contributed by atoms with van der Waals surface area (Å²) in [5.74, 6) is 1.48. The first-order valence-electron chi connectivity index (χ1n) is 5.40. The Labute approximate surface area is 90.2 Å². The van der Waals surface area contributed by atoms with Crippen molar-refractivity contribution in [2.45, 2.75) is 26.2 Å². The monoisotopic (exact) mass is 213 g/mol. The largest absolute Gasteiger partial charge is 0.382 e. The van der Waals surface area contributed by atoms with E-state index in [4.69, 9.17) is 9.26 Å². The lowest BCUT2D eigenvalue weighted by atomic mass is 10.3. The maximum absolute atomic E-state index is 5.23. The standard InChI is InChI=1S/C10H19N3O2/c1-3-14-8-4-5-10-12-9(13-15-10)6-7-11-2/h11H,3-8H2,1-2H3. The van der Waals surface area contributed by atoms with Crippen LogP contribution in [0.5, 0.6) is 0 Å². The van der Waals surface area contributed by atoms with Gasteiger partial charge in [-0.05, 0) is 20.4 Å². The number of hydrogen-bond acceptors (Lipinski definition) is 5. The summed E-state index contributed by atoms with van der Waals surface area (Å²) >= 11 is 0. The number of aromatic nitrogens is 2. The molecule has 1 heterocycles. The summed E-state index contributed by atoms with van der Waals surface area (Å²) in [6, 6.07) is 0. The topological polar surface area (TPSA) is 60.2 Å². The highest BCUT2D eigenvalue weighted by atomic mass is 16.5. The lowest BCUT2D eigenvalue weighted by Gasteiger charge is -1.96. The maximum Gasteiger partial charge on any atom is 0.226 e. The van der Waals surface area contributed by atoms with Gasteiger partial charge in [0.1, 0.15) is 0 Å². The van der Waals surface area contributed by atoms with E-state index >= 15 is 0 Å². The van der Waals surface area contributed by atoms with Crippen molar-refractivity contribution in [2.24, 2.45) is 0 Å². The minimum atomic E-state index is 0.709. The number of rotatable bonds is 8. The van der Waals surface area contributed by atoms with Crippen molar-refractivity contribution < 1.29 is 9.26 Å². The number of nitrogens with zero attached hydrogens (tertiary/aromatic N) is 2. The van der Waals surface area contributed by atoms with Crippen molar-refractivity contribution in [3.8, 4) is 0 Å². The summed E-state index contributed by atoms with van der Waals surface area (Å²) < 4.78 is 10.3. The van der Waals surface area contributed by atoms with Crippen LogP contribution >= 0.6 is 0 Å². The minimum Gasteiger partial charge on any atom is -0.382 e. The van der Waals surface area contributed by atoms with Gasteiger partial charge in [-0.2, -0.15) is 4.98 Å². The second kappa shape index (κ2) is 7.36. The van der Waals surface area contributed by atoms with Crippen LogP contribution in [0.2, 0.25) is 0 Å². The Hall–Kier alpha value is -0.940. The van der Waals surface area contributed by atoms with Gasteiger partial charge in [-0.25, -0.2) is 0 Å². The molecule has 1 rings (SSSR count). The molecule has 0 aliphatic rings. The predicted octanol–water partition coefficient (Wildman–Crippen LogP) is 0.801. The van der Waals surface area contributed by atoms with E-state index in [1.165, 1.54) is 0 Å². The van der Waals surface area contributed by atoms with E-state index in [1.54, 1.807) is 0 Å². The van der Waals surface area contributed by atoms with Gasteiger partial charge in [0.2, 0.25) is 5.89 Å². The Kier molecular flexibility index (Phi) is 5.96. The molecule has 0 bridgehead atoms. The van der Waals surface area contributed by atoms with Crippen molar-refractivity contribution in [1.29, 1.82) is 0 Å². The number of nitrogens with one attached hydrogen (secondary N) is 1. The summed E-state index contributed by atoms with van der Waals surface area (Å²) in [7, 11) is 1.91. The molecule has 5 nitrogen and oxygen atoms in total. The third kappa shape index (κ3) is 4.90. The third-order valence-electron chi connectivity index (χ3n) is 1.99. The smallest absolute Gasteiger partial charge is 0.226 e. The van der Waals surface area contributed by atoms with E-state index in [2.05, 4.69) is 15.5 Å². The van der Waals surface area contributed by atoms with Crippen LogP contribution in [0.25, 0.3) is 0 Å². The van der Waals surface area contributed by atoms with Gasteiger partial charge in [0.15, 0.2) is 5.82 Å². The van der Waals surface area contributed by atoms with E-state index in [0.717, 1.165) is 44.8 Å². The first-order valence-corrected chi connectivity index (χ1v) is 5.40. The van der Waals surface area contributed by atoms with Gasteiger partial charge >= 0.3 is 0 Å². The van der Waals surface area contributed by atoms with E-state index in [1.807, 2.05) is 14.0 Å². The van der Waals surface area contributed by atoms with Gasteiger partial charge in [-0.15, -0.1) is 0 Å². The lowest BCUT2D eigenvalue weighted by molar-refractivity contribution is 0.143. The molecule has 0 aromatic carbocycles. The Balaban J connectivity index is 2.20. The molecule has 5 heteroatoms. The van der Waals surface area contributed by atoms with Crippen LogP contribution in [-0.4, -0.2) is 36.9 Å². The molecule has 1 aromatic rings. The molecule has 1 aromatic heterocycles. The van der Waals surface area contributed by atoms with Crippen molar-refractivity contribution in [1.82, 2.24) is 15.5 Å². The molecule has 0 aliphatic carbocycles. The van der Waals surface area contributed by atoms with Crippen LogP contribution in [0, 0.1) is 0 Å². The zero-order valence-electron chi connectivity index (χ0n) is 9.45. The zero-order chi connectivity index (χ0) is 10.9. The quantitative estimate of drug-likeness (QED) is 0.647. The van der Waals surface area contributed by atoms with Gasteiger partial charge < -0.3 is 14.6 Å². The molecule has 0 aliphatic heterocycles. The normalized spacial score (nSPS) is 10.8. The second-order valence-corrected chi connectivity index (χ2v) is 3.26. The molecule has 0 unspecified atom stereocenters. The average Bonchev–Trinajstić information content (AvgIpc) is 2.69. The number of hydrogen-bond donors (Lipinski definition) is 1. The summed E-state index contributed by atoms with van der Waals surface area (Å²) in [5, 5.41) is 6.93. The van der Waals surface area contributed by atoms with Crippen LogP contribution in [0.15, 0.2) is 4.52 Å². The highest BCUT2D eigenvalue weighted by Gasteiger charge is 2.04.